The number of aryl methyl sites for hydroxylation is 1. The van der Waals surface area contributed by atoms with Crippen molar-refractivity contribution < 1.29 is 4.79 Å². The summed E-state index contributed by atoms with van der Waals surface area (Å²) in [6.07, 6.45) is 0.800. The molecule has 88 valence electrons. The molecule has 0 radical (unpaired) electrons. The number of hydrogen-bond acceptors (Lipinski definition) is 2. The number of carbonyl (C=O) groups is 1. The summed E-state index contributed by atoms with van der Waals surface area (Å²) in [7, 11) is 0. The van der Waals surface area contributed by atoms with Gasteiger partial charge in [-0.15, -0.1) is 0 Å². The Kier molecular flexibility index (Phi) is 4.08. The Morgan fingerprint density at radius 3 is 2.62 bits per heavy atom. The van der Waals surface area contributed by atoms with E-state index in [4.69, 9.17) is 0 Å². The number of anilines is 1. The van der Waals surface area contributed by atoms with Crippen LogP contribution in [0.1, 0.15) is 32.9 Å². The van der Waals surface area contributed by atoms with Crippen LogP contribution in [0.4, 0.5) is 5.82 Å². The van der Waals surface area contributed by atoms with E-state index in [1.54, 1.807) is 6.07 Å². The molecule has 0 saturated heterocycles. The van der Waals surface area contributed by atoms with Gasteiger partial charge in [0.05, 0.1) is 5.69 Å². The molecule has 0 atom stereocenters. The maximum absolute atomic E-state index is 11.9. The molecule has 0 unspecified atom stereocenters. The lowest BCUT2D eigenvalue weighted by Crippen LogP contribution is -2.30. The number of aromatic nitrogens is 1. The molecule has 0 aliphatic heterocycles. The van der Waals surface area contributed by atoms with Crippen molar-refractivity contribution in [1.82, 2.24) is 4.98 Å². The van der Waals surface area contributed by atoms with Crippen LogP contribution in [0.2, 0.25) is 0 Å². The van der Waals surface area contributed by atoms with Crippen LogP contribution in [0.5, 0.6) is 0 Å². The van der Waals surface area contributed by atoms with Crippen molar-refractivity contribution in [1.29, 1.82) is 0 Å². The van der Waals surface area contributed by atoms with E-state index in [2.05, 4.69) is 26.2 Å². The van der Waals surface area contributed by atoms with Gasteiger partial charge in [0.25, 0.3) is 0 Å². The van der Waals surface area contributed by atoms with E-state index in [0.717, 1.165) is 16.6 Å². The molecule has 16 heavy (non-hydrogen) atoms. The van der Waals surface area contributed by atoms with Gasteiger partial charge in [-0.3, -0.25) is 4.79 Å². The Balaban J connectivity index is 2.82. The molecule has 0 spiro atoms. The molecule has 0 aromatic carbocycles. The lowest BCUT2D eigenvalue weighted by molar-refractivity contribution is -0.124. The average Bonchev–Trinajstić information content (AvgIpc) is 2.23. The molecular formula is C12H17BrN2O. The summed E-state index contributed by atoms with van der Waals surface area (Å²) in [5.74, 6) is 0.608. The molecule has 1 heterocycles. The van der Waals surface area contributed by atoms with Crippen molar-refractivity contribution in [3.05, 3.63) is 22.3 Å². The van der Waals surface area contributed by atoms with Crippen LogP contribution < -0.4 is 5.32 Å². The van der Waals surface area contributed by atoms with Gasteiger partial charge in [-0.2, -0.15) is 0 Å². The predicted octanol–water partition coefficient (Wildman–Crippen LogP) is 3.53. The third-order valence-corrected chi connectivity index (χ3v) is 3.60. The van der Waals surface area contributed by atoms with Crippen molar-refractivity contribution in [3.63, 3.8) is 0 Å². The molecule has 1 aromatic rings. The van der Waals surface area contributed by atoms with Gasteiger partial charge in [0.2, 0.25) is 5.91 Å². The highest BCUT2D eigenvalue weighted by Gasteiger charge is 2.25. The number of rotatable bonds is 3. The highest BCUT2D eigenvalue weighted by Crippen LogP contribution is 2.22. The summed E-state index contributed by atoms with van der Waals surface area (Å²) in [6.45, 7) is 7.74. The second-order valence-electron chi connectivity index (χ2n) is 4.46. The fraction of sp³-hybridized carbons (Fsp3) is 0.500. The van der Waals surface area contributed by atoms with E-state index in [0.29, 0.717) is 5.82 Å². The standard InChI is InChI=1S/C12H17BrN2O/c1-5-12(3,4)11(16)15-10-7-6-9(13)8(2)14-10/h6-7H,5H2,1-4H3,(H,14,15,16). The first kappa shape index (κ1) is 13.2. The van der Waals surface area contributed by atoms with Crippen molar-refractivity contribution in [3.8, 4) is 0 Å². The van der Waals surface area contributed by atoms with Crippen LogP contribution in [-0.4, -0.2) is 10.9 Å². The van der Waals surface area contributed by atoms with E-state index < -0.39 is 0 Å². The van der Waals surface area contributed by atoms with Gasteiger partial charge in [0.1, 0.15) is 5.82 Å². The van der Waals surface area contributed by atoms with Crippen LogP contribution in [0, 0.1) is 12.3 Å². The van der Waals surface area contributed by atoms with Crippen molar-refractivity contribution in [2.75, 3.05) is 5.32 Å². The van der Waals surface area contributed by atoms with Crippen LogP contribution in [-0.2, 0) is 4.79 Å². The average molecular weight is 285 g/mol. The van der Waals surface area contributed by atoms with Crippen molar-refractivity contribution in [2.45, 2.75) is 34.1 Å². The highest BCUT2D eigenvalue weighted by atomic mass is 79.9. The normalized spacial score (nSPS) is 11.3. The van der Waals surface area contributed by atoms with Crippen LogP contribution in [0.25, 0.3) is 0 Å². The predicted molar refractivity (Wildman–Crippen MR) is 69.4 cm³/mol. The Labute approximate surface area is 105 Å². The van der Waals surface area contributed by atoms with Crippen molar-refractivity contribution >= 4 is 27.7 Å². The Morgan fingerprint density at radius 2 is 2.12 bits per heavy atom. The number of amides is 1. The van der Waals surface area contributed by atoms with Gasteiger partial charge in [-0.25, -0.2) is 4.98 Å². The van der Waals surface area contributed by atoms with E-state index in [1.165, 1.54) is 0 Å². The minimum absolute atomic E-state index is 0.00391. The number of nitrogens with zero attached hydrogens (tertiary/aromatic N) is 1. The summed E-state index contributed by atoms with van der Waals surface area (Å²) >= 11 is 3.37. The number of pyridine rings is 1. The van der Waals surface area contributed by atoms with Gasteiger partial charge in [0, 0.05) is 9.89 Å². The monoisotopic (exact) mass is 284 g/mol. The van der Waals surface area contributed by atoms with Gasteiger partial charge in [-0.1, -0.05) is 20.8 Å². The second-order valence-corrected chi connectivity index (χ2v) is 5.31. The zero-order chi connectivity index (χ0) is 12.3. The Bertz CT molecular complexity index is 402. The van der Waals surface area contributed by atoms with Crippen LogP contribution >= 0.6 is 15.9 Å². The molecular weight excluding hydrogens is 268 g/mol. The van der Waals surface area contributed by atoms with Crippen LogP contribution in [0.3, 0.4) is 0 Å². The maximum Gasteiger partial charge on any atom is 0.231 e. The van der Waals surface area contributed by atoms with E-state index in [-0.39, 0.29) is 11.3 Å². The third kappa shape index (κ3) is 3.04. The zero-order valence-corrected chi connectivity index (χ0v) is 11.7. The molecule has 0 fully saturated rings. The zero-order valence-electron chi connectivity index (χ0n) is 10.1. The maximum atomic E-state index is 11.9. The number of halogens is 1. The Hall–Kier alpha value is -0.900. The summed E-state index contributed by atoms with van der Waals surface area (Å²) in [5, 5.41) is 2.83. The minimum atomic E-state index is -0.358. The number of nitrogens with one attached hydrogen (secondary N) is 1. The lowest BCUT2D eigenvalue weighted by atomic mass is 9.89. The topological polar surface area (TPSA) is 42.0 Å². The molecule has 0 aliphatic carbocycles. The largest absolute Gasteiger partial charge is 0.310 e. The fourth-order valence-corrected chi connectivity index (χ4v) is 1.28. The van der Waals surface area contributed by atoms with Crippen molar-refractivity contribution in [2.24, 2.45) is 5.41 Å². The molecule has 1 amide bonds. The van der Waals surface area contributed by atoms with Gasteiger partial charge < -0.3 is 5.32 Å². The molecule has 3 nitrogen and oxygen atoms in total. The highest BCUT2D eigenvalue weighted by molar-refractivity contribution is 9.10. The number of carbonyl (C=O) groups excluding carboxylic acids is 1. The summed E-state index contributed by atoms with van der Waals surface area (Å²) in [4.78, 5) is 16.2. The SMILES string of the molecule is CCC(C)(C)C(=O)Nc1ccc(Br)c(C)n1. The first-order valence-corrected chi connectivity index (χ1v) is 6.10. The van der Waals surface area contributed by atoms with E-state index in [9.17, 15) is 4.79 Å². The summed E-state index contributed by atoms with van der Waals surface area (Å²) in [6, 6.07) is 3.68. The summed E-state index contributed by atoms with van der Waals surface area (Å²) < 4.78 is 0.945. The molecule has 1 N–H and O–H groups in total. The van der Waals surface area contributed by atoms with Crippen LogP contribution in [0.15, 0.2) is 16.6 Å². The molecule has 0 aliphatic rings. The molecule has 0 saturated carbocycles. The fourth-order valence-electron chi connectivity index (χ4n) is 1.06. The summed E-state index contributed by atoms with van der Waals surface area (Å²) in [5.41, 5.74) is 0.509. The van der Waals surface area contributed by atoms with Gasteiger partial charge in [-0.05, 0) is 41.4 Å². The number of hydrogen-bond donors (Lipinski definition) is 1. The lowest BCUT2D eigenvalue weighted by Gasteiger charge is -2.21. The molecule has 1 rings (SSSR count). The van der Waals surface area contributed by atoms with E-state index in [1.807, 2.05) is 33.8 Å². The quantitative estimate of drug-likeness (QED) is 0.923. The van der Waals surface area contributed by atoms with Gasteiger partial charge >= 0.3 is 0 Å². The molecule has 1 aromatic heterocycles. The first-order chi connectivity index (χ1) is 7.36. The minimum Gasteiger partial charge on any atom is -0.310 e. The smallest absolute Gasteiger partial charge is 0.231 e. The first-order valence-electron chi connectivity index (χ1n) is 5.31. The van der Waals surface area contributed by atoms with Gasteiger partial charge in [0.15, 0.2) is 0 Å². The second kappa shape index (κ2) is 4.95. The third-order valence-electron chi connectivity index (χ3n) is 2.76. The molecule has 0 bridgehead atoms. The van der Waals surface area contributed by atoms with E-state index >= 15 is 0 Å². The Morgan fingerprint density at radius 1 is 1.50 bits per heavy atom. The molecule has 4 heteroatoms.